The van der Waals surface area contributed by atoms with Crippen molar-refractivity contribution in [3.63, 3.8) is 0 Å². The van der Waals surface area contributed by atoms with E-state index in [2.05, 4.69) is 29.5 Å². The third-order valence-corrected chi connectivity index (χ3v) is 6.30. The SMILES string of the molecule is CC(C)Cc1cnc(NC(=O)Cc2ccc3c(c2)C(=O)N(C2CCC(=O)NC2=O)C3)s1. The van der Waals surface area contributed by atoms with E-state index >= 15 is 0 Å². The van der Waals surface area contributed by atoms with Crippen LogP contribution in [0.15, 0.2) is 24.4 Å². The van der Waals surface area contributed by atoms with Crippen LogP contribution in [0.1, 0.15) is 53.1 Å². The fourth-order valence-electron chi connectivity index (χ4n) is 3.92. The van der Waals surface area contributed by atoms with Crippen molar-refractivity contribution < 1.29 is 19.2 Å². The number of rotatable bonds is 6. The molecule has 3 heterocycles. The molecule has 2 aliphatic rings. The summed E-state index contributed by atoms with van der Waals surface area (Å²) in [6.07, 6.45) is 3.38. The Morgan fingerprint density at radius 3 is 2.87 bits per heavy atom. The number of nitrogens with zero attached hydrogens (tertiary/aromatic N) is 2. The lowest BCUT2D eigenvalue weighted by Gasteiger charge is -2.29. The van der Waals surface area contributed by atoms with Crippen LogP contribution in [0, 0.1) is 5.92 Å². The van der Waals surface area contributed by atoms with Gasteiger partial charge in [-0.15, -0.1) is 11.3 Å². The Hall–Kier alpha value is -3.07. The summed E-state index contributed by atoms with van der Waals surface area (Å²) in [7, 11) is 0. The average molecular weight is 441 g/mol. The second-order valence-corrected chi connectivity index (χ2v) is 9.46. The minimum Gasteiger partial charge on any atom is -0.322 e. The van der Waals surface area contributed by atoms with Gasteiger partial charge in [-0.1, -0.05) is 26.0 Å². The Kier molecular flexibility index (Phi) is 5.86. The first-order chi connectivity index (χ1) is 14.8. The summed E-state index contributed by atoms with van der Waals surface area (Å²) in [5.41, 5.74) is 2.04. The van der Waals surface area contributed by atoms with Crippen molar-refractivity contribution in [2.45, 2.75) is 52.1 Å². The number of fused-ring (bicyclic) bond motifs is 1. The molecule has 2 aliphatic heterocycles. The minimum atomic E-state index is -0.644. The van der Waals surface area contributed by atoms with Crippen molar-refractivity contribution in [3.8, 4) is 0 Å². The van der Waals surface area contributed by atoms with Crippen LogP contribution in [0.5, 0.6) is 0 Å². The van der Waals surface area contributed by atoms with Gasteiger partial charge in [0, 0.05) is 29.6 Å². The standard InChI is InChI=1S/C22H24N4O4S/c1-12(2)7-15-10-23-22(31-15)25-19(28)9-13-3-4-14-11-26(21(30)16(14)8-13)17-5-6-18(27)24-20(17)29/h3-4,8,10,12,17H,5-7,9,11H2,1-2H3,(H,23,25,28)(H,24,27,29). The maximum Gasteiger partial charge on any atom is 0.255 e. The Bertz CT molecular complexity index is 1060. The van der Waals surface area contributed by atoms with Crippen molar-refractivity contribution in [2.24, 2.45) is 5.92 Å². The minimum absolute atomic E-state index is 0.123. The second-order valence-electron chi connectivity index (χ2n) is 8.35. The van der Waals surface area contributed by atoms with Crippen LogP contribution in [0.25, 0.3) is 0 Å². The topological polar surface area (TPSA) is 108 Å². The fraction of sp³-hybridized carbons (Fsp3) is 0.409. The maximum atomic E-state index is 12.9. The number of amides is 4. The molecule has 0 aliphatic carbocycles. The number of nitrogens with one attached hydrogen (secondary N) is 2. The lowest BCUT2D eigenvalue weighted by Crippen LogP contribution is -2.52. The molecule has 31 heavy (non-hydrogen) atoms. The summed E-state index contributed by atoms with van der Waals surface area (Å²) in [6.45, 7) is 4.59. The maximum absolute atomic E-state index is 12.9. The van der Waals surface area contributed by atoms with E-state index < -0.39 is 11.9 Å². The van der Waals surface area contributed by atoms with Gasteiger partial charge < -0.3 is 10.2 Å². The van der Waals surface area contributed by atoms with Crippen LogP contribution in [-0.4, -0.2) is 39.6 Å². The summed E-state index contributed by atoms with van der Waals surface area (Å²) in [5.74, 6) is -0.664. The zero-order chi connectivity index (χ0) is 22.1. The third-order valence-electron chi connectivity index (χ3n) is 5.37. The molecule has 8 nitrogen and oxygen atoms in total. The van der Waals surface area contributed by atoms with Crippen molar-refractivity contribution in [1.82, 2.24) is 15.2 Å². The first-order valence-electron chi connectivity index (χ1n) is 10.3. The molecule has 4 rings (SSSR count). The zero-order valence-corrected chi connectivity index (χ0v) is 18.3. The summed E-state index contributed by atoms with van der Waals surface area (Å²) in [5, 5.41) is 5.69. The lowest BCUT2D eigenvalue weighted by atomic mass is 10.0. The van der Waals surface area contributed by atoms with Gasteiger partial charge in [-0.25, -0.2) is 4.98 Å². The molecular weight excluding hydrogens is 416 g/mol. The molecule has 2 aromatic rings. The van der Waals surface area contributed by atoms with Crippen molar-refractivity contribution in [3.05, 3.63) is 46.0 Å². The van der Waals surface area contributed by atoms with Gasteiger partial charge in [-0.3, -0.25) is 24.5 Å². The smallest absolute Gasteiger partial charge is 0.255 e. The van der Waals surface area contributed by atoms with Crippen LogP contribution < -0.4 is 10.6 Å². The highest BCUT2D eigenvalue weighted by Gasteiger charge is 2.39. The number of carbonyl (C=O) groups is 4. The normalized spacial score (nSPS) is 18.4. The fourth-order valence-corrected chi connectivity index (χ4v) is 4.96. The van der Waals surface area contributed by atoms with E-state index in [1.54, 1.807) is 12.3 Å². The number of piperidine rings is 1. The molecule has 1 unspecified atom stereocenters. The highest BCUT2D eigenvalue weighted by molar-refractivity contribution is 7.15. The Morgan fingerprint density at radius 1 is 1.32 bits per heavy atom. The molecule has 9 heteroatoms. The Labute approximate surface area is 184 Å². The Morgan fingerprint density at radius 2 is 2.13 bits per heavy atom. The van der Waals surface area contributed by atoms with Crippen LogP contribution in [-0.2, 0) is 33.8 Å². The number of benzene rings is 1. The van der Waals surface area contributed by atoms with E-state index in [0.717, 1.165) is 16.9 Å². The van der Waals surface area contributed by atoms with Crippen LogP contribution in [0.4, 0.5) is 5.13 Å². The molecule has 0 bridgehead atoms. The van der Waals surface area contributed by atoms with Crippen LogP contribution in [0.3, 0.4) is 0 Å². The number of thiazole rings is 1. The molecule has 162 valence electrons. The Balaban J connectivity index is 1.40. The summed E-state index contributed by atoms with van der Waals surface area (Å²) in [4.78, 5) is 55.8. The largest absolute Gasteiger partial charge is 0.322 e. The van der Waals surface area contributed by atoms with Gasteiger partial charge in [0.2, 0.25) is 17.7 Å². The predicted molar refractivity (Wildman–Crippen MR) is 115 cm³/mol. The average Bonchev–Trinajstić information content (AvgIpc) is 3.25. The third kappa shape index (κ3) is 4.66. The summed E-state index contributed by atoms with van der Waals surface area (Å²) < 4.78 is 0. The highest BCUT2D eigenvalue weighted by Crippen LogP contribution is 2.28. The molecule has 0 spiro atoms. The number of carbonyl (C=O) groups excluding carboxylic acids is 4. The first-order valence-corrected chi connectivity index (χ1v) is 11.1. The van der Waals surface area contributed by atoms with E-state index in [0.29, 0.717) is 35.1 Å². The number of aromatic nitrogens is 1. The van der Waals surface area contributed by atoms with Gasteiger partial charge in [0.1, 0.15) is 6.04 Å². The van der Waals surface area contributed by atoms with E-state index in [9.17, 15) is 19.2 Å². The monoisotopic (exact) mass is 440 g/mol. The van der Waals surface area contributed by atoms with Crippen LogP contribution in [0.2, 0.25) is 0 Å². The van der Waals surface area contributed by atoms with Gasteiger partial charge in [-0.05, 0) is 36.0 Å². The van der Waals surface area contributed by atoms with E-state index in [4.69, 9.17) is 0 Å². The summed E-state index contributed by atoms with van der Waals surface area (Å²) in [6, 6.07) is 4.72. The molecule has 1 aromatic heterocycles. The molecule has 1 saturated heterocycles. The number of hydrogen-bond acceptors (Lipinski definition) is 6. The van der Waals surface area contributed by atoms with Gasteiger partial charge in [-0.2, -0.15) is 0 Å². The molecule has 0 radical (unpaired) electrons. The van der Waals surface area contributed by atoms with E-state index in [1.807, 2.05) is 12.1 Å². The predicted octanol–water partition coefficient (Wildman–Crippen LogP) is 2.28. The first kappa shape index (κ1) is 21.2. The number of anilines is 1. The lowest BCUT2D eigenvalue weighted by molar-refractivity contribution is -0.137. The molecule has 0 saturated carbocycles. The number of imide groups is 1. The van der Waals surface area contributed by atoms with E-state index in [-0.39, 0.29) is 30.6 Å². The van der Waals surface area contributed by atoms with E-state index in [1.165, 1.54) is 16.2 Å². The molecule has 2 N–H and O–H groups in total. The highest BCUT2D eigenvalue weighted by atomic mass is 32.1. The molecule has 1 aromatic carbocycles. The quantitative estimate of drug-likeness (QED) is 0.670. The number of hydrogen-bond donors (Lipinski definition) is 2. The van der Waals surface area contributed by atoms with Gasteiger partial charge in [0.25, 0.3) is 5.91 Å². The van der Waals surface area contributed by atoms with Gasteiger partial charge in [0.15, 0.2) is 5.13 Å². The van der Waals surface area contributed by atoms with Crippen LogP contribution >= 0.6 is 11.3 Å². The van der Waals surface area contributed by atoms with Crippen molar-refractivity contribution in [2.75, 3.05) is 5.32 Å². The zero-order valence-electron chi connectivity index (χ0n) is 17.4. The molecule has 1 fully saturated rings. The molecular formula is C22H24N4O4S. The van der Waals surface area contributed by atoms with Gasteiger partial charge >= 0.3 is 0 Å². The van der Waals surface area contributed by atoms with Crippen molar-refractivity contribution in [1.29, 1.82) is 0 Å². The molecule has 4 amide bonds. The second kappa shape index (κ2) is 8.58. The molecule has 1 atom stereocenters. The summed E-state index contributed by atoms with van der Waals surface area (Å²) >= 11 is 1.47. The van der Waals surface area contributed by atoms with Gasteiger partial charge in [0.05, 0.1) is 6.42 Å². The van der Waals surface area contributed by atoms with Crippen molar-refractivity contribution >= 4 is 40.1 Å².